The maximum absolute atomic E-state index is 14.7. The lowest BCUT2D eigenvalue weighted by molar-refractivity contribution is -0.185. The van der Waals surface area contributed by atoms with Crippen LogP contribution in [0, 0.1) is 0 Å². The van der Waals surface area contributed by atoms with E-state index in [1.165, 1.54) is 7.11 Å². The number of halogens is 2. The number of ether oxygens (including phenoxy) is 2. The molecule has 2 N–H and O–H groups in total. The molecular weight excluding hydrogens is 318 g/mol. The van der Waals surface area contributed by atoms with E-state index in [9.17, 15) is 13.9 Å². The van der Waals surface area contributed by atoms with Crippen LogP contribution in [0.25, 0.3) is 0 Å². The molecule has 1 saturated carbocycles. The van der Waals surface area contributed by atoms with Crippen LogP contribution in [0.4, 0.5) is 14.6 Å². The molecule has 1 aromatic heterocycles. The van der Waals surface area contributed by atoms with Crippen molar-refractivity contribution in [3.63, 3.8) is 0 Å². The number of hydrogen-bond acceptors (Lipinski definition) is 5. The van der Waals surface area contributed by atoms with Crippen LogP contribution in [0.5, 0.6) is 0 Å². The van der Waals surface area contributed by atoms with Gasteiger partial charge in [0, 0.05) is 20.1 Å². The van der Waals surface area contributed by atoms with Gasteiger partial charge in [-0.25, -0.2) is 13.8 Å². The minimum Gasteiger partial charge on any atom is -0.381 e. The van der Waals surface area contributed by atoms with Gasteiger partial charge in [0.2, 0.25) is 0 Å². The Morgan fingerprint density at radius 1 is 1.33 bits per heavy atom. The second kappa shape index (κ2) is 6.54. The van der Waals surface area contributed by atoms with Gasteiger partial charge in [0.1, 0.15) is 17.0 Å². The lowest BCUT2D eigenvalue weighted by Gasteiger charge is -2.36. The number of anilines is 1. The normalized spacial score (nSPS) is 26.7. The first-order valence-corrected chi connectivity index (χ1v) is 8.35. The predicted octanol–water partition coefficient (Wildman–Crippen LogP) is 2.70. The molecule has 0 amide bonds. The van der Waals surface area contributed by atoms with Gasteiger partial charge in [0.25, 0.3) is 5.92 Å². The summed E-state index contributed by atoms with van der Waals surface area (Å²) in [5.74, 6) is -2.68. The SMILES string of the molecule is COC1(C(F)(F)CNc2cccc(C3(O)CCOC3)n2)CCCC1. The Labute approximate surface area is 140 Å². The zero-order valence-corrected chi connectivity index (χ0v) is 13.9. The molecule has 2 aliphatic rings. The summed E-state index contributed by atoms with van der Waals surface area (Å²) in [4.78, 5) is 4.29. The highest BCUT2D eigenvalue weighted by Gasteiger charge is 2.55. The highest BCUT2D eigenvalue weighted by atomic mass is 19.3. The maximum Gasteiger partial charge on any atom is 0.293 e. The molecule has 134 valence electrons. The van der Waals surface area contributed by atoms with Gasteiger partial charge in [0.05, 0.1) is 18.8 Å². The molecule has 7 heteroatoms. The number of nitrogens with one attached hydrogen (secondary N) is 1. The van der Waals surface area contributed by atoms with Gasteiger partial charge in [0.15, 0.2) is 0 Å². The Morgan fingerprint density at radius 3 is 2.71 bits per heavy atom. The van der Waals surface area contributed by atoms with Crippen LogP contribution in [0.1, 0.15) is 37.8 Å². The fourth-order valence-corrected chi connectivity index (χ4v) is 3.58. The van der Waals surface area contributed by atoms with Crippen molar-refractivity contribution in [2.24, 2.45) is 0 Å². The summed E-state index contributed by atoms with van der Waals surface area (Å²) < 4.78 is 39.7. The maximum atomic E-state index is 14.7. The summed E-state index contributed by atoms with van der Waals surface area (Å²) in [5, 5.41) is 13.2. The van der Waals surface area contributed by atoms with Crippen LogP contribution in [0.3, 0.4) is 0 Å². The van der Waals surface area contributed by atoms with Crippen LogP contribution >= 0.6 is 0 Å². The van der Waals surface area contributed by atoms with E-state index >= 15 is 0 Å². The molecule has 1 atom stereocenters. The van der Waals surface area contributed by atoms with Crippen molar-refractivity contribution >= 4 is 5.82 Å². The van der Waals surface area contributed by atoms with Gasteiger partial charge in [-0.15, -0.1) is 0 Å². The van der Waals surface area contributed by atoms with Crippen molar-refractivity contribution in [2.75, 3.05) is 32.2 Å². The van der Waals surface area contributed by atoms with E-state index < -0.39 is 23.7 Å². The number of pyridine rings is 1. The first-order chi connectivity index (χ1) is 11.4. The average Bonchev–Trinajstić information content (AvgIpc) is 3.24. The summed E-state index contributed by atoms with van der Waals surface area (Å²) in [7, 11) is 1.35. The van der Waals surface area contributed by atoms with E-state index in [4.69, 9.17) is 9.47 Å². The molecule has 24 heavy (non-hydrogen) atoms. The number of aromatic nitrogens is 1. The fraction of sp³-hybridized carbons (Fsp3) is 0.706. The summed E-state index contributed by atoms with van der Waals surface area (Å²) in [6.45, 7) is 0.0862. The van der Waals surface area contributed by atoms with Gasteiger partial charge in [-0.1, -0.05) is 18.9 Å². The molecule has 3 rings (SSSR count). The third kappa shape index (κ3) is 3.12. The molecule has 1 aliphatic carbocycles. The monoisotopic (exact) mass is 342 g/mol. The number of hydrogen-bond donors (Lipinski definition) is 2. The molecule has 2 fully saturated rings. The van der Waals surface area contributed by atoms with Crippen LogP contribution in [0.2, 0.25) is 0 Å². The number of aliphatic hydroxyl groups is 1. The number of methoxy groups -OCH3 is 1. The zero-order valence-electron chi connectivity index (χ0n) is 13.9. The molecule has 1 aromatic rings. The Hall–Kier alpha value is -1.31. The van der Waals surface area contributed by atoms with E-state index in [-0.39, 0.29) is 6.61 Å². The standard InChI is InChI=1S/C17H24F2N2O3/c1-23-16(7-2-3-8-16)17(18,19)11-20-14-6-4-5-13(21-14)15(22)9-10-24-12-15/h4-6,22H,2-3,7-12H2,1H3,(H,20,21). The minimum atomic E-state index is -3.00. The first-order valence-electron chi connectivity index (χ1n) is 8.35. The third-order valence-corrected chi connectivity index (χ3v) is 5.19. The van der Waals surface area contributed by atoms with E-state index in [1.54, 1.807) is 18.2 Å². The van der Waals surface area contributed by atoms with Crippen molar-refractivity contribution in [2.45, 2.75) is 49.2 Å². The smallest absolute Gasteiger partial charge is 0.293 e. The van der Waals surface area contributed by atoms with Gasteiger partial charge in [-0.05, 0) is 25.0 Å². The molecule has 1 saturated heterocycles. The summed E-state index contributed by atoms with van der Waals surface area (Å²) in [6.07, 6.45) is 2.69. The molecule has 0 aromatic carbocycles. The lowest BCUT2D eigenvalue weighted by Crippen LogP contribution is -2.51. The minimum absolute atomic E-state index is 0.173. The Morgan fingerprint density at radius 2 is 2.08 bits per heavy atom. The highest BCUT2D eigenvalue weighted by molar-refractivity contribution is 5.37. The molecule has 2 heterocycles. The predicted molar refractivity (Wildman–Crippen MR) is 85.2 cm³/mol. The van der Waals surface area contributed by atoms with Gasteiger partial charge in [-0.3, -0.25) is 0 Å². The largest absolute Gasteiger partial charge is 0.381 e. The number of alkyl halides is 2. The van der Waals surface area contributed by atoms with Crippen molar-refractivity contribution in [3.8, 4) is 0 Å². The third-order valence-electron chi connectivity index (χ3n) is 5.19. The van der Waals surface area contributed by atoms with Crippen LogP contribution in [0.15, 0.2) is 18.2 Å². The molecule has 0 radical (unpaired) electrons. The highest BCUT2D eigenvalue weighted by Crippen LogP contribution is 2.44. The van der Waals surface area contributed by atoms with E-state index in [1.807, 2.05) is 0 Å². The van der Waals surface area contributed by atoms with Crippen molar-refractivity contribution in [1.82, 2.24) is 4.98 Å². The number of nitrogens with zero attached hydrogens (tertiary/aromatic N) is 1. The van der Waals surface area contributed by atoms with E-state index in [2.05, 4.69) is 10.3 Å². The fourth-order valence-electron chi connectivity index (χ4n) is 3.58. The van der Waals surface area contributed by atoms with Gasteiger partial charge >= 0.3 is 0 Å². The number of rotatable bonds is 6. The lowest BCUT2D eigenvalue weighted by atomic mass is 9.93. The van der Waals surface area contributed by atoms with Crippen LogP contribution < -0.4 is 5.32 Å². The van der Waals surface area contributed by atoms with Crippen molar-refractivity contribution in [1.29, 1.82) is 0 Å². The van der Waals surface area contributed by atoms with Gasteiger partial charge < -0.3 is 19.9 Å². The first kappa shape index (κ1) is 17.5. The summed E-state index contributed by atoms with van der Waals surface area (Å²) >= 11 is 0. The molecular formula is C17H24F2N2O3. The second-order valence-corrected chi connectivity index (χ2v) is 6.71. The zero-order chi connectivity index (χ0) is 17.3. The average molecular weight is 342 g/mol. The summed E-state index contributed by atoms with van der Waals surface area (Å²) in [6, 6.07) is 5.00. The Bertz CT molecular complexity index is 571. The van der Waals surface area contributed by atoms with Crippen LogP contribution in [-0.4, -0.2) is 48.5 Å². The van der Waals surface area contributed by atoms with Crippen molar-refractivity contribution in [3.05, 3.63) is 23.9 Å². The molecule has 0 bridgehead atoms. The molecule has 5 nitrogen and oxygen atoms in total. The van der Waals surface area contributed by atoms with Gasteiger partial charge in [-0.2, -0.15) is 0 Å². The quantitative estimate of drug-likeness (QED) is 0.832. The Kier molecular flexibility index (Phi) is 4.77. The van der Waals surface area contributed by atoms with Crippen LogP contribution in [-0.2, 0) is 15.1 Å². The Balaban J connectivity index is 1.70. The van der Waals surface area contributed by atoms with Crippen molar-refractivity contribution < 1.29 is 23.4 Å². The molecule has 1 aliphatic heterocycles. The summed E-state index contributed by atoms with van der Waals surface area (Å²) in [5.41, 5.74) is -2.09. The van der Waals surface area contributed by atoms with E-state index in [0.29, 0.717) is 37.4 Å². The topological polar surface area (TPSA) is 63.6 Å². The second-order valence-electron chi connectivity index (χ2n) is 6.71. The van der Waals surface area contributed by atoms with E-state index in [0.717, 1.165) is 12.8 Å². The molecule has 1 unspecified atom stereocenters. The molecule has 0 spiro atoms.